The number of thioether (sulfide) groups is 1. The van der Waals surface area contributed by atoms with Gasteiger partial charge in [-0.15, -0.1) is 11.3 Å². The van der Waals surface area contributed by atoms with Crippen molar-refractivity contribution in [2.24, 2.45) is 5.73 Å². The van der Waals surface area contributed by atoms with Gasteiger partial charge in [0.15, 0.2) is 5.13 Å². The molecule has 0 fully saturated rings. The van der Waals surface area contributed by atoms with E-state index in [1.54, 1.807) is 23.1 Å². The van der Waals surface area contributed by atoms with Crippen LogP contribution in [0.4, 0.5) is 5.13 Å². The molecule has 0 unspecified atom stereocenters. The molecule has 0 atom stereocenters. The third kappa shape index (κ3) is 4.53. The van der Waals surface area contributed by atoms with Crippen LogP contribution in [-0.2, 0) is 5.75 Å². The van der Waals surface area contributed by atoms with Crippen LogP contribution >= 0.6 is 23.1 Å². The molecule has 1 aromatic rings. The van der Waals surface area contributed by atoms with Crippen LogP contribution in [0, 0.1) is 5.41 Å². The lowest BCUT2D eigenvalue weighted by molar-refractivity contribution is 1.08. The molecule has 0 radical (unpaired) electrons. The summed E-state index contributed by atoms with van der Waals surface area (Å²) in [7, 11) is 3.98. The van der Waals surface area contributed by atoms with Gasteiger partial charge in [-0.1, -0.05) is 0 Å². The zero-order valence-electron chi connectivity index (χ0n) is 8.99. The fourth-order valence-corrected chi connectivity index (χ4v) is 2.66. The van der Waals surface area contributed by atoms with Gasteiger partial charge in [0, 0.05) is 37.4 Å². The van der Waals surface area contributed by atoms with E-state index in [1.165, 1.54) is 0 Å². The SMILES string of the molecule is CN(C)c1nc(CSCCC(=N)N)cs1. The highest BCUT2D eigenvalue weighted by molar-refractivity contribution is 7.98. The molecule has 3 N–H and O–H groups in total. The molecule has 0 amide bonds. The van der Waals surface area contributed by atoms with Crippen LogP contribution in [0.25, 0.3) is 0 Å². The van der Waals surface area contributed by atoms with Crippen molar-refractivity contribution in [2.75, 3.05) is 24.7 Å². The number of nitrogens with one attached hydrogen (secondary N) is 1. The maximum absolute atomic E-state index is 7.08. The highest BCUT2D eigenvalue weighted by atomic mass is 32.2. The molecule has 0 saturated carbocycles. The standard InChI is InChI=1S/C9H16N4S2/c1-13(2)9-12-7(6-15-9)5-14-4-3-8(10)11/h6H,3-5H2,1-2H3,(H3,10,11). The lowest BCUT2D eigenvalue weighted by atomic mass is 10.5. The number of amidine groups is 1. The van der Waals surface area contributed by atoms with Crippen LogP contribution in [-0.4, -0.2) is 30.7 Å². The smallest absolute Gasteiger partial charge is 0.185 e. The number of thiazole rings is 1. The second-order valence-electron chi connectivity index (χ2n) is 3.34. The van der Waals surface area contributed by atoms with Crippen molar-refractivity contribution in [1.82, 2.24) is 4.98 Å². The molecule has 6 heteroatoms. The van der Waals surface area contributed by atoms with Gasteiger partial charge in [0.05, 0.1) is 11.5 Å². The molecule has 0 aliphatic carbocycles. The molecule has 84 valence electrons. The van der Waals surface area contributed by atoms with Crippen molar-refractivity contribution in [3.63, 3.8) is 0 Å². The molecule has 1 heterocycles. The van der Waals surface area contributed by atoms with Gasteiger partial charge >= 0.3 is 0 Å². The highest BCUT2D eigenvalue weighted by Crippen LogP contribution is 2.21. The molecule has 1 rings (SSSR count). The summed E-state index contributed by atoms with van der Waals surface area (Å²) in [6, 6.07) is 0. The first-order valence-electron chi connectivity index (χ1n) is 4.62. The molecule has 0 spiro atoms. The maximum Gasteiger partial charge on any atom is 0.185 e. The van der Waals surface area contributed by atoms with Crippen molar-refractivity contribution in [2.45, 2.75) is 12.2 Å². The zero-order chi connectivity index (χ0) is 11.3. The summed E-state index contributed by atoms with van der Waals surface area (Å²) in [6.07, 6.45) is 0.662. The monoisotopic (exact) mass is 244 g/mol. The Bertz CT molecular complexity index is 322. The molecule has 4 nitrogen and oxygen atoms in total. The summed E-state index contributed by atoms with van der Waals surface area (Å²) >= 11 is 3.42. The van der Waals surface area contributed by atoms with E-state index in [4.69, 9.17) is 11.1 Å². The van der Waals surface area contributed by atoms with Gasteiger partial charge in [0.1, 0.15) is 0 Å². The summed E-state index contributed by atoms with van der Waals surface area (Å²) < 4.78 is 0. The minimum absolute atomic E-state index is 0.259. The average molecular weight is 244 g/mol. The van der Waals surface area contributed by atoms with E-state index in [9.17, 15) is 0 Å². The molecule has 0 bridgehead atoms. The first-order valence-corrected chi connectivity index (χ1v) is 6.65. The summed E-state index contributed by atoms with van der Waals surface area (Å²) in [4.78, 5) is 6.47. The number of hydrogen-bond acceptors (Lipinski definition) is 5. The fraction of sp³-hybridized carbons (Fsp3) is 0.556. The van der Waals surface area contributed by atoms with Crippen molar-refractivity contribution in [3.05, 3.63) is 11.1 Å². The van der Waals surface area contributed by atoms with E-state index in [1.807, 2.05) is 19.0 Å². The number of nitrogens with two attached hydrogens (primary N) is 1. The van der Waals surface area contributed by atoms with Crippen LogP contribution in [0.3, 0.4) is 0 Å². The van der Waals surface area contributed by atoms with Gasteiger partial charge < -0.3 is 10.6 Å². The molecule has 1 aromatic heterocycles. The Morgan fingerprint density at radius 3 is 2.93 bits per heavy atom. The third-order valence-corrected chi connectivity index (χ3v) is 3.74. The molecule has 0 aliphatic rings. The van der Waals surface area contributed by atoms with Gasteiger partial charge in [-0.2, -0.15) is 11.8 Å². The van der Waals surface area contributed by atoms with Crippen LogP contribution in [0.2, 0.25) is 0 Å². The van der Waals surface area contributed by atoms with Crippen molar-refractivity contribution in [1.29, 1.82) is 5.41 Å². The number of rotatable bonds is 6. The van der Waals surface area contributed by atoms with Gasteiger partial charge in [0.25, 0.3) is 0 Å². The Morgan fingerprint density at radius 2 is 2.40 bits per heavy atom. The zero-order valence-corrected chi connectivity index (χ0v) is 10.6. The van der Waals surface area contributed by atoms with E-state index >= 15 is 0 Å². The summed E-state index contributed by atoms with van der Waals surface area (Å²) in [5, 5.41) is 10.2. The first kappa shape index (κ1) is 12.3. The molecule has 0 aliphatic heterocycles. The predicted molar refractivity (Wildman–Crippen MR) is 69.1 cm³/mol. The minimum Gasteiger partial charge on any atom is -0.388 e. The van der Waals surface area contributed by atoms with Gasteiger partial charge in [-0.3, -0.25) is 5.41 Å². The molecular weight excluding hydrogens is 228 g/mol. The van der Waals surface area contributed by atoms with E-state index in [0.29, 0.717) is 6.42 Å². The van der Waals surface area contributed by atoms with Crippen LogP contribution < -0.4 is 10.6 Å². The Hall–Kier alpha value is -0.750. The minimum atomic E-state index is 0.259. The predicted octanol–water partition coefficient (Wildman–Crippen LogP) is 1.77. The van der Waals surface area contributed by atoms with Gasteiger partial charge in [-0.05, 0) is 0 Å². The molecule has 0 saturated heterocycles. The fourth-order valence-electron chi connectivity index (χ4n) is 0.927. The summed E-state index contributed by atoms with van der Waals surface area (Å²) in [5.41, 5.74) is 6.37. The van der Waals surface area contributed by atoms with Gasteiger partial charge in [-0.25, -0.2) is 4.98 Å². The molecule has 15 heavy (non-hydrogen) atoms. The topological polar surface area (TPSA) is 66.0 Å². The third-order valence-electron chi connectivity index (χ3n) is 1.69. The van der Waals surface area contributed by atoms with Crippen molar-refractivity contribution in [3.8, 4) is 0 Å². The number of aromatic nitrogens is 1. The molecular formula is C9H16N4S2. The lowest BCUT2D eigenvalue weighted by Crippen LogP contribution is -2.10. The number of anilines is 1. The second-order valence-corrected chi connectivity index (χ2v) is 5.29. The normalized spacial score (nSPS) is 10.3. The van der Waals surface area contributed by atoms with E-state index in [-0.39, 0.29) is 5.84 Å². The van der Waals surface area contributed by atoms with E-state index in [2.05, 4.69) is 10.4 Å². The lowest BCUT2D eigenvalue weighted by Gasteiger charge is -2.05. The summed E-state index contributed by atoms with van der Waals surface area (Å²) in [5.74, 6) is 2.05. The number of hydrogen-bond donors (Lipinski definition) is 2. The van der Waals surface area contributed by atoms with E-state index < -0.39 is 0 Å². The van der Waals surface area contributed by atoms with Crippen LogP contribution in [0.5, 0.6) is 0 Å². The quantitative estimate of drug-likeness (QED) is 0.455. The number of nitrogens with zero attached hydrogens (tertiary/aromatic N) is 2. The highest BCUT2D eigenvalue weighted by Gasteiger charge is 2.03. The Labute approximate surface area is 98.4 Å². The van der Waals surface area contributed by atoms with E-state index in [0.717, 1.165) is 22.3 Å². The van der Waals surface area contributed by atoms with Crippen LogP contribution in [0.15, 0.2) is 5.38 Å². The molecule has 0 aromatic carbocycles. The van der Waals surface area contributed by atoms with Crippen molar-refractivity contribution < 1.29 is 0 Å². The second kappa shape index (κ2) is 5.97. The maximum atomic E-state index is 7.08. The van der Waals surface area contributed by atoms with Crippen LogP contribution in [0.1, 0.15) is 12.1 Å². The Morgan fingerprint density at radius 1 is 1.67 bits per heavy atom. The van der Waals surface area contributed by atoms with Crippen molar-refractivity contribution >= 4 is 34.1 Å². The first-order chi connectivity index (χ1) is 7.09. The summed E-state index contributed by atoms with van der Waals surface area (Å²) in [6.45, 7) is 0. The largest absolute Gasteiger partial charge is 0.388 e. The Kier molecular flexibility index (Phi) is 4.90. The van der Waals surface area contributed by atoms with Gasteiger partial charge in [0.2, 0.25) is 0 Å². The Balaban J connectivity index is 2.28. The average Bonchev–Trinajstić information content (AvgIpc) is 2.60.